The van der Waals surface area contributed by atoms with Crippen molar-refractivity contribution in [3.05, 3.63) is 131 Å². The number of methoxy groups -OCH3 is 1. The van der Waals surface area contributed by atoms with Crippen LogP contribution in [0.25, 0.3) is 16.8 Å². The van der Waals surface area contributed by atoms with E-state index in [9.17, 15) is 14.7 Å². The number of nitrogens with zero attached hydrogens (tertiary/aromatic N) is 3. The van der Waals surface area contributed by atoms with Gasteiger partial charge < -0.3 is 9.84 Å². The first-order chi connectivity index (χ1) is 20.5. The summed E-state index contributed by atoms with van der Waals surface area (Å²) in [6, 6.07) is 29.9. The van der Waals surface area contributed by atoms with Crippen molar-refractivity contribution in [3.8, 4) is 5.75 Å². The lowest BCUT2D eigenvalue weighted by Gasteiger charge is -2.23. The molecule has 0 aliphatic carbocycles. The number of thioether (sulfide) groups is 1. The van der Waals surface area contributed by atoms with Gasteiger partial charge >= 0.3 is 0 Å². The summed E-state index contributed by atoms with van der Waals surface area (Å²) in [5, 5.41) is 22.3. The smallest absolute Gasteiger partial charge is 0.296 e. The van der Waals surface area contributed by atoms with E-state index in [-0.39, 0.29) is 5.57 Å². The van der Waals surface area contributed by atoms with Crippen LogP contribution >= 0.6 is 23.1 Å². The van der Waals surface area contributed by atoms with E-state index in [1.54, 1.807) is 37.5 Å². The van der Waals surface area contributed by atoms with Gasteiger partial charge in [-0.2, -0.15) is 0 Å². The van der Waals surface area contributed by atoms with Crippen LogP contribution in [-0.4, -0.2) is 34.1 Å². The zero-order valence-electron chi connectivity index (χ0n) is 22.5. The highest BCUT2D eigenvalue weighted by Crippen LogP contribution is 2.43. The molecule has 1 aliphatic rings. The van der Waals surface area contributed by atoms with Gasteiger partial charge in [-0.3, -0.25) is 14.5 Å². The second-order valence-corrected chi connectivity index (χ2v) is 11.7. The highest BCUT2D eigenvalue weighted by molar-refractivity contribution is 8.00. The Morgan fingerprint density at radius 2 is 1.71 bits per heavy atom. The number of ketones is 1. The Bertz CT molecular complexity index is 1830. The number of benzene rings is 4. The summed E-state index contributed by atoms with van der Waals surface area (Å²) in [6.45, 7) is 0. The molecule has 0 spiro atoms. The zero-order valence-corrected chi connectivity index (χ0v) is 24.1. The Hall–Kier alpha value is -4.73. The summed E-state index contributed by atoms with van der Waals surface area (Å²) >= 11 is 2.77. The number of allylic oxidation sites excluding steroid dienone is 1. The monoisotopic (exact) mass is 591 g/mol. The van der Waals surface area contributed by atoms with Crippen LogP contribution in [0, 0.1) is 0 Å². The molecule has 1 atom stereocenters. The predicted octanol–water partition coefficient (Wildman–Crippen LogP) is 7.17. The minimum Gasteiger partial charge on any atom is -0.503 e. The summed E-state index contributed by atoms with van der Waals surface area (Å²) in [5.41, 5.74) is 2.60. The van der Waals surface area contributed by atoms with E-state index in [0.717, 1.165) is 5.56 Å². The molecule has 6 rings (SSSR count). The number of aliphatic hydroxyl groups is 1. The number of fused-ring (bicyclic) bond motifs is 1. The molecule has 1 aromatic heterocycles. The number of amides is 1. The molecule has 1 N–H and O–H groups in total. The normalized spacial score (nSPS) is 15.2. The van der Waals surface area contributed by atoms with E-state index in [4.69, 9.17) is 4.74 Å². The third kappa shape index (κ3) is 5.44. The molecule has 208 valence electrons. The number of anilines is 1. The first kappa shape index (κ1) is 27.4. The molecule has 1 amide bonds. The maximum absolute atomic E-state index is 13.5. The number of rotatable bonds is 9. The lowest BCUT2D eigenvalue weighted by Crippen LogP contribution is -2.30. The van der Waals surface area contributed by atoms with Crippen molar-refractivity contribution in [1.82, 2.24) is 10.2 Å². The van der Waals surface area contributed by atoms with Crippen LogP contribution in [-0.2, 0) is 15.3 Å². The quantitative estimate of drug-likeness (QED) is 0.110. The van der Waals surface area contributed by atoms with Crippen LogP contribution in [0.4, 0.5) is 5.13 Å². The van der Waals surface area contributed by atoms with Crippen LogP contribution in [0.2, 0.25) is 0 Å². The Labute approximate surface area is 250 Å². The van der Waals surface area contributed by atoms with E-state index >= 15 is 0 Å². The van der Waals surface area contributed by atoms with Crippen LogP contribution < -0.4 is 9.64 Å². The van der Waals surface area contributed by atoms with Gasteiger partial charge in [-0.1, -0.05) is 114 Å². The van der Waals surface area contributed by atoms with Crippen molar-refractivity contribution in [1.29, 1.82) is 0 Å². The third-order valence-electron chi connectivity index (χ3n) is 6.96. The van der Waals surface area contributed by atoms with Gasteiger partial charge in [0.1, 0.15) is 5.75 Å². The summed E-state index contributed by atoms with van der Waals surface area (Å²) in [4.78, 5) is 28.3. The van der Waals surface area contributed by atoms with Gasteiger partial charge in [0.15, 0.2) is 15.9 Å². The first-order valence-corrected chi connectivity index (χ1v) is 14.9. The van der Waals surface area contributed by atoms with Crippen LogP contribution in [0.15, 0.2) is 119 Å². The number of ether oxygens (including phenoxy) is 1. The average Bonchev–Trinajstić information content (AvgIpc) is 3.61. The molecule has 1 unspecified atom stereocenters. The Kier molecular flexibility index (Phi) is 7.85. The number of hydrogen-bond acceptors (Lipinski definition) is 8. The molecule has 9 heteroatoms. The minimum atomic E-state index is -0.889. The van der Waals surface area contributed by atoms with Gasteiger partial charge in [-0.15, -0.1) is 10.2 Å². The lowest BCUT2D eigenvalue weighted by molar-refractivity contribution is -0.117. The minimum absolute atomic E-state index is 0.0162. The molecule has 0 bridgehead atoms. The number of aliphatic hydroxyl groups excluding tert-OH is 1. The second kappa shape index (κ2) is 12.0. The maximum Gasteiger partial charge on any atom is 0.296 e. The van der Waals surface area contributed by atoms with Crippen molar-refractivity contribution in [3.63, 3.8) is 0 Å². The standard InChI is InChI=1S/C33H25N3O4S2/c1-40-25-17-15-23(16-18-25)29-28(27(37)19-14-21-8-3-2-4-9-21)30(38)31(39)36(29)32-34-35-33(42-32)41-20-24-12-7-11-22-10-5-6-13-26(22)24/h2-19,29,38H,20H2,1H3. The topological polar surface area (TPSA) is 92.6 Å². The van der Waals surface area contributed by atoms with E-state index in [1.165, 1.54) is 50.4 Å². The largest absolute Gasteiger partial charge is 0.503 e. The van der Waals surface area contributed by atoms with Gasteiger partial charge in [-0.25, -0.2) is 0 Å². The molecule has 42 heavy (non-hydrogen) atoms. The molecular formula is C33H25N3O4S2. The van der Waals surface area contributed by atoms with E-state index in [1.807, 2.05) is 48.5 Å². The molecule has 0 saturated carbocycles. The fourth-order valence-electron chi connectivity index (χ4n) is 4.90. The summed E-state index contributed by atoms with van der Waals surface area (Å²) < 4.78 is 5.97. The van der Waals surface area contributed by atoms with Gasteiger partial charge in [0.2, 0.25) is 5.13 Å². The summed E-state index contributed by atoms with van der Waals surface area (Å²) in [5.74, 6) is -0.470. The van der Waals surface area contributed by atoms with Crippen molar-refractivity contribution in [2.75, 3.05) is 12.0 Å². The van der Waals surface area contributed by atoms with Gasteiger partial charge in [-0.05, 0) is 45.7 Å². The molecular weight excluding hydrogens is 567 g/mol. The number of carbonyl (C=O) groups excluding carboxylic acids is 2. The molecule has 5 aromatic rings. The molecule has 2 heterocycles. The van der Waals surface area contributed by atoms with E-state index in [2.05, 4.69) is 34.5 Å². The summed E-state index contributed by atoms with van der Waals surface area (Å²) in [7, 11) is 1.56. The van der Waals surface area contributed by atoms with Gasteiger partial charge in [0.25, 0.3) is 5.91 Å². The zero-order chi connectivity index (χ0) is 29.1. The Morgan fingerprint density at radius 1 is 0.976 bits per heavy atom. The SMILES string of the molecule is COc1ccc(C2C(C(=O)C=Cc3ccccc3)=C(O)C(=O)N2c2nnc(SCc3cccc4ccccc34)s2)cc1. The first-order valence-electron chi connectivity index (χ1n) is 13.1. The third-order valence-corrected chi connectivity index (χ3v) is 9.07. The molecule has 4 aromatic carbocycles. The second-order valence-electron chi connectivity index (χ2n) is 9.50. The molecule has 0 radical (unpaired) electrons. The Morgan fingerprint density at radius 3 is 2.50 bits per heavy atom. The molecule has 1 aliphatic heterocycles. The van der Waals surface area contributed by atoms with Crippen LogP contribution in [0.5, 0.6) is 5.75 Å². The highest BCUT2D eigenvalue weighted by atomic mass is 32.2. The van der Waals surface area contributed by atoms with Crippen molar-refractivity contribution >= 4 is 56.8 Å². The molecule has 0 fully saturated rings. The Balaban J connectivity index is 1.31. The number of hydrogen-bond donors (Lipinski definition) is 1. The molecule has 0 saturated heterocycles. The molecule has 7 nitrogen and oxygen atoms in total. The van der Waals surface area contributed by atoms with Crippen molar-refractivity contribution in [2.45, 2.75) is 16.1 Å². The maximum atomic E-state index is 13.5. The fraction of sp³-hybridized carbons (Fsp3) is 0.0909. The predicted molar refractivity (Wildman–Crippen MR) is 167 cm³/mol. The van der Waals surface area contributed by atoms with Crippen molar-refractivity contribution < 1.29 is 19.4 Å². The number of aromatic nitrogens is 2. The van der Waals surface area contributed by atoms with Gasteiger partial charge in [0.05, 0.1) is 18.7 Å². The summed E-state index contributed by atoms with van der Waals surface area (Å²) in [6.07, 6.45) is 3.04. The highest BCUT2D eigenvalue weighted by Gasteiger charge is 2.45. The average molecular weight is 592 g/mol. The van der Waals surface area contributed by atoms with Crippen LogP contribution in [0.1, 0.15) is 22.7 Å². The fourth-order valence-corrected chi connectivity index (χ4v) is 6.77. The van der Waals surface area contributed by atoms with Gasteiger partial charge in [0, 0.05) is 5.75 Å². The van der Waals surface area contributed by atoms with Crippen molar-refractivity contribution in [2.24, 2.45) is 0 Å². The lowest BCUT2D eigenvalue weighted by atomic mass is 9.95. The number of carbonyl (C=O) groups is 2. The van der Waals surface area contributed by atoms with Crippen LogP contribution in [0.3, 0.4) is 0 Å². The van der Waals surface area contributed by atoms with E-state index < -0.39 is 23.5 Å². The van der Waals surface area contributed by atoms with E-state index in [0.29, 0.717) is 26.5 Å².